The van der Waals surface area contributed by atoms with Crippen LogP contribution in [0.15, 0.2) is 42.6 Å². The highest BCUT2D eigenvalue weighted by molar-refractivity contribution is 5.88. The number of nitrogens with zero attached hydrogens (tertiary/aromatic N) is 5. The van der Waals surface area contributed by atoms with Crippen LogP contribution in [0.3, 0.4) is 0 Å². The van der Waals surface area contributed by atoms with Crippen LogP contribution in [0.5, 0.6) is 0 Å². The maximum atomic E-state index is 15.1. The van der Waals surface area contributed by atoms with Gasteiger partial charge in [0.2, 0.25) is 0 Å². The van der Waals surface area contributed by atoms with Crippen molar-refractivity contribution in [2.75, 3.05) is 24.5 Å². The summed E-state index contributed by atoms with van der Waals surface area (Å²) in [5.74, 6) is -0.930. The molecule has 1 atom stereocenters. The van der Waals surface area contributed by atoms with E-state index in [1.54, 1.807) is 36.1 Å². The van der Waals surface area contributed by atoms with Gasteiger partial charge in [0.15, 0.2) is 11.6 Å². The van der Waals surface area contributed by atoms with Crippen LogP contribution >= 0.6 is 0 Å². The molecule has 2 aromatic heterocycles. The first-order valence-electron chi connectivity index (χ1n) is 10.3. The van der Waals surface area contributed by atoms with E-state index in [2.05, 4.69) is 10.1 Å². The van der Waals surface area contributed by atoms with E-state index in [0.29, 0.717) is 47.4 Å². The van der Waals surface area contributed by atoms with Gasteiger partial charge in [0.1, 0.15) is 11.0 Å². The van der Waals surface area contributed by atoms with Crippen molar-refractivity contribution < 1.29 is 18.7 Å². The number of hydrogen-bond donors (Lipinski definition) is 1. The molecule has 0 radical (unpaired) electrons. The number of halogens is 2. The lowest BCUT2D eigenvalue weighted by Gasteiger charge is -2.39. The van der Waals surface area contributed by atoms with Gasteiger partial charge < -0.3 is 14.9 Å². The summed E-state index contributed by atoms with van der Waals surface area (Å²) >= 11 is 0. The lowest BCUT2D eigenvalue weighted by molar-refractivity contribution is 0.122. The Morgan fingerprint density at radius 3 is 2.59 bits per heavy atom. The third-order valence-electron chi connectivity index (χ3n) is 5.94. The van der Waals surface area contributed by atoms with Crippen LogP contribution in [0.1, 0.15) is 6.92 Å². The number of hydrogen-bond acceptors (Lipinski definition) is 4. The van der Waals surface area contributed by atoms with E-state index in [0.717, 1.165) is 0 Å². The largest absolute Gasteiger partial charge is 0.465 e. The molecule has 2 aromatic carbocycles. The van der Waals surface area contributed by atoms with E-state index in [9.17, 15) is 14.3 Å². The van der Waals surface area contributed by atoms with Gasteiger partial charge in [-0.15, -0.1) is 0 Å². The van der Waals surface area contributed by atoms with E-state index >= 15 is 4.39 Å². The van der Waals surface area contributed by atoms with Crippen LogP contribution in [-0.2, 0) is 7.05 Å². The van der Waals surface area contributed by atoms with Gasteiger partial charge in [-0.05, 0) is 37.3 Å². The van der Waals surface area contributed by atoms with Gasteiger partial charge in [0, 0.05) is 60.9 Å². The third kappa shape index (κ3) is 3.39. The molecule has 1 saturated heterocycles. The number of pyridine rings is 1. The number of aromatic nitrogens is 3. The Labute approximate surface area is 182 Å². The van der Waals surface area contributed by atoms with Gasteiger partial charge in [-0.2, -0.15) is 5.10 Å². The fourth-order valence-corrected chi connectivity index (χ4v) is 4.36. The molecular formula is C23H21F2N5O2. The number of fused-ring (bicyclic) bond motifs is 2. The molecule has 0 bridgehead atoms. The zero-order valence-corrected chi connectivity index (χ0v) is 17.6. The first-order chi connectivity index (χ1) is 15.3. The monoisotopic (exact) mass is 437 g/mol. The van der Waals surface area contributed by atoms with E-state index in [1.807, 2.05) is 17.9 Å². The van der Waals surface area contributed by atoms with E-state index in [1.165, 1.54) is 17.0 Å². The molecule has 1 N–H and O–H groups in total. The fraction of sp³-hybridized carbons (Fsp3) is 0.261. The molecule has 0 spiro atoms. The molecule has 0 aliphatic carbocycles. The molecule has 4 aromatic rings. The van der Waals surface area contributed by atoms with Crippen molar-refractivity contribution in [1.82, 2.24) is 19.7 Å². The van der Waals surface area contributed by atoms with Gasteiger partial charge in [-0.3, -0.25) is 4.68 Å². The minimum atomic E-state index is -0.945. The number of benzene rings is 2. The molecule has 1 amide bonds. The van der Waals surface area contributed by atoms with Crippen molar-refractivity contribution in [3.8, 4) is 11.3 Å². The van der Waals surface area contributed by atoms with Crippen molar-refractivity contribution >= 4 is 33.6 Å². The summed E-state index contributed by atoms with van der Waals surface area (Å²) in [4.78, 5) is 19.1. The summed E-state index contributed by atoms with van der Waals surface area (Å²) < 4.78 is 31.1. The van der Waals surface area contributed by atoms with Gasteiger partial charge in [0.05, 0.1) is 5.69 Å². The second kappa shape index (κ2) is 7.44. The number of rotatable bonds is 2. The first kappa shape index (κ1) is 20.2. The van der Waals surface area contributed by atoms with Gasteiger partial charge in [-0.1, -0.05) is 6.07 Å². The number of piperazine rings is 1. The summed E-state index contributed by atoms with van der Waals surface area (Å²) in [5.41, 5.74) is 2.19. The Balaban J connectivity index is 1.50. The molecule has 1 aliphatic rings. The van der Waals surface area contributed by atoms with Gasteiger partial charge in [0.25, 0.3) is 0 Å². The molecule has 9 heteroatoms. The van der Waals surface area contributed by atoms with Crippen LogP contribution in [0, 0.1) is 11.6 Å². The lowest BCUT2D eigenvalue weighted by atomic mass is 10.1. The quantitative estimate of drug-likeness (QED) is 0.507. The molecule has 32 heavy (non-hydrogen) atoms. The SMILES string of the molecule is C[C@H]1CN(c2cc(F)c3nc(-c4cc(F)c5nn(C)cc5c4)ccc3c2)CCN1C(=O)O. The number of aryl methyl sites for hydroxylation is 1. The summed E-state index contributed by atoms with van der Waals surface area (Å²) in [6.45, 7) is 3.16. The minimum Gasteiger partial charge on any atom is -0.465 e. The standard InChI is InChI=1S/C23H21F2N5O2/c1-13-11-29(5-6-30(13)23(31)32)17-8-14-3-4-20(26-21(14)19(25)10-17)15-7-16-12-28(2)27-22(16)18(24)9-15/h3-4,7-10,12-13H,5-6,11H2,1-2H3,(H,31,32)/t13-/m0/s1. The topological polar surface area (TPSA) is 74.5 Å². The first-order valence-corrected chi connectivity index (χ1v) is 10.3. The molecule has 0 unspecified atom stereocenters. The highest BCUT2D eigenvalue weighted by Crippen LogP contribution is 2.30. The van der Waals surface area contributed by atoms with Crippen LogP contribution in [0.2, 0.25) is 0 Å². The molecule has 7 nitrogen and oxygen atoms in total. The summed E-state index contributed by atoms with van der Waals surface area (Å²) in [6.07, 6.45) is 0.778. The maximum absolute atomic E-state index is 15.1. The maximum Gasteiger partial charge on any atom is 0.407 e. The van der Waals surface area contributed by atoms with E-state index in [4.69, 9.17) is 0 Å². The van der Waals surface area contributed by atoms with Crippen molar-refractivity contribution in [3.05, 3.63) is 54.2 Å². The predicted molar refractivity (Wildman–Crippen MR) is 118 cm³/mol. The van der Waals surface area contributed by atoms with Gasteiger partial charge in [-0.25, -0.2) is 18.6 Å². The lowest BCUT2D eigenvalue weighted by Crippen LogP contribution is -2.53. The Bertz CT molecular complexity index is 1370. The number of carbonyl (C=O) groups is 1. The number of anilines is 1. The van der Waals surface area contributed by atoms with Crippen LogP contribution < -0.4 is 4.90 Å². The van der Waals surface area contributed by atoms with Gasteiger partial charge >= 0.3 is 6.09 Å². The second-order valence-corrected chi connectivity index (χ2v) is 8.17. The molecule has 3 heterocycles. The molecule has 1 fully saturated rings. The molecule has 5 rings (SSSR count). The van der Waals surface area contributed by atoms with E-state index < -0.39 is 17.7 Å². The Morgan fingerprint density at radius 2 is 1.84 bits per heavy atom. The summed E-state index contributed by atoms with van der Waals surface area (Å²) in [5, 5.41) is 14.6. The molecular weight excluding hydrogens is 416 g/mol. The zero-order chi connectivity index (χ0) is 22.6. The Hall–Kier alpha value is -3.75. The molecule has 0 saturated carbocycles. The highest BCUT2D eigenvalue weighted by atomic mass is 19.1. The predicted octanol–water partition coefficient (Wildman–Crippen LogP) is 4.26. The minimum absolute atomic E-state index is 0.196. The zero-order valence-electron chi connectivity index (χ0n) is 17.6. The Kier molecular flexibility index (Phi) is 4.69. The third-order valence-corrected chi connectivity index (χ3v) is 5.94. The van der Waals surface area contributed by atoms with Crippen molar-refractivity contribution in [3.63, 3.8) is 0 Å². The van der Waals surface area contributed by atoms with E-state index in [-0.39, 0.29) is 17.1 Å². The van der Waals surface area contributed by atoms with Crippen LogP contribution in [-0.4, -0.2) is 56.5 Å². The van der Waals surface area contributed by atoms with Crippen LogP contribution in [0.4, 0.5) is 19.3 Å². The molecule has 164 valence electrons. The van der Waals surface area contributed by atoms with Crippen molar-refractivity contribution in [2.24, 2.45) is 7.05 Å². The average Bonchev–Trinajstić information content (AvgIpc) is 3.14. The normalized spacial score (nSPS) is 16.8. The number of carboxylic acid groups (broad SMARTS) is 1. The van der Waals surface area contributed by atoms with Crippen molar-refractivity contribution in [2.45, 2.75) is 13.0 Å². The smallest absolute Gasteiger partial charge is 0.407 e. The fourth-order valence-electron chi connectivity index (χ4n) is 4.36. The molecule has 1 aliphatic heterocycles. The summed E-state index contributed by atoms with van der Waals surface area (Å²) in [6, 6.07) is 9.74. The average molecular weight is 437 g/mol. The Morgan fingerprint density at radius 1 is 1.06 bits per heavy atom. The summed E-state index contributed by atoms with van der Waals surface area (Å²) in [7, 11) is 1.72. The number of amides is 1. The van der Waals surface area contributed by atoms with Crippen molar-refractivity contribution in [1.29, 1.82) is 0 Å². The van der Waals surface area contributed by atoms with Crippen LogP contribution in [0.25, 0.3) is 33.1 Å². The second-order valence-electron chi connectivity index (χ2n) is 8.17. The highest BCUT2D eigenvalue weighted by Gasteiger charge is 2.27.